The molecule has 0 bridgehead atoms. The Kier molecular flexibility index (Phi) is 58.5. The predicted octanol–water partition coefficient (Wildman–Crippen LogP) is 19.8. The van der Waals surface area contributed by atoms with Crippen LogP contribution in [0.5, 0.6) is 0 Å². The molecule has 6 heteroatoms. The Morgan fingerprint density at radius 2 is 0.714 bits per heavy atom. The zero-order valence-electron chi connectivity index (χ0n) is 47.3. The molecule has 2 unspecified atom stereocenters. The lowest BCUT2D eigenvalue weighted by Gasteiger charge is -2.22. The summed E-state index contributed by atoms with van der Waals surface area (Å²) in [7, 11) is 0. The second-order valence-electron chi connectivity index (χ2n) is 21.7. The molecule has 0 saturated heterocycles. The van der Waals surface area contributed by atoms with E-state index in [9.17, 15) is 19.8 Å². The van der Waals surface area contributed by atoms with Crippen molar-refractivity contribution in [2.45, 2.75) is 360 Å². The van der Waals surface area contributed by atoms with Gasteiger partial charge in [0.25, 0.3) is 0 Å². The smallest absolute Gasteiger partial charge is 0.305 e. The highest BCUT2D eigenvalue weighted by molar-refractivity contribution is 5.76. The van der Waals surface area contributed by atoms with Crippen molar-refractivity contribution in [2.24, 2.45) is 0 Å². The molecule has 0 aliphatic carbocycles. The molecule has 6 nitrogen and oxygen atoms in total. The number of esters is 1. The molecule has 0 spiro atoms. The van der Waals surface area contributed by atoms with Gasteiger partial charge in [0.2, 0.25) is 5.91 Å². The van der Waals surface area contributed by atoms with Gasteiger partial charge in [-0.05, 0) is 57.8 Å². The first kappa shape index (κ1) is 68.3. The number of carbonyl (C=O) groups excluding carboxylic acids is 2. The Morgan fingerprint density at radius 1 is 0.400 bits per heavy atom. The van der Waals surface area contributed by atoms with E-state index in [-0.39, 0.29) is 18.5 Å². The maximum atomic E-state index is 12.5. The summed E-state index contributed by atoms with van der Waals surface area (Å²) in [4.78, 5) is 24.6. The maximum Gasteiger partial charge on any atom is 0.305 e. The Balaban J connectivity index is 3.35. The van der Waals surface area contributed by atoms with Gasteiger partial charge in [0.05, 0.1) is 25.4 Å². The highest BCUT2D eigenvalue weighted by Gasteiger charge is 2.20. The maximum absolute atomic E-state index is 12.5. The highest BCUT2D eigenvalue weighted by atomic mass is 16.5. The first-order valence-electron chi connectivity index (χ1n) is 31.6. The molecule has 0 radical (unpaired) electrons. The van der Waals surface area contributed by atoms with Gasteiger partial charge in [0.1, 0.15) is 0 Å². The van der Waals surface area contributed by atoms with Crippen LogP contribution in [0.15, 0.2) is 24.3 Å². The second kappa shape index (κ2) is 59.9. The van der Waals surface area contributed by atoms with Gasteiger partial charge in [-0.25, -0.2) is 0 Å². The van der Waals surface area contributed by atoms with Gasteiger partial charge in [-0.3, -0.25) is 9.59 Å². The minimum atomic E-state index is -0.663. The van der Waals surface area contributed by atoms with Gasteiger partial charge in [-0.2, -0.15) is 0 Å². The van der Waals surface area contributed by atoms with Gasteiger partial charge < -0.3 is 20.3 Å². The molecule has 0 aliphatic rings. The molecule has 3 N–H and O–H groups in total. The summed E-state index contributed by atoms with van der Waals surface area (Å²) in [6.07, 6.45) is 73.3. The zero-order chi connectivity index (χ0) is 50.7. The number of aliphatic hydroxyl groups excluding tert-OH is 2. The van der Waals surface area contributed by atoms with Crippen molar-refractivity contribution < 1.29 is 24.5 Å². The van der Waals surface area contributed by atoms with Crippen molar-refractivity contribution >= 4 is 11.9 Å². The van der Waals surface area contributed by atoms with E-state index in [1.807, 2.05) is 0 Å². The van der Waals surface area contributed by atoms with Gasteiger partial charge in [0, 0.05) is 12.8 Å². The molecule has 70 heavy (non-hydrogen) atoms. The Morgan fingerprint density at radius 3 is 1.11 bits per heavy atom. The lowest BCUT2D eigenvalue weighted by molar-refractivity contribution is -0.143. The predicted molar refractivity (Wildman–Crippen MR) is 306 cm³/mol. The van der Waals surface area contributed by atoms with Crippen LogP contribution in [-0.2, 0) is 14.3 Å². The van der Waals surface area contributed by atoms with E-state index in [2.05, 4.69) is 43.5 Å². The monoisotopic (exact) mass is 986 g/mol. The van der Waals surface area contributed by atoms with E-state index < -0.39 is 12.1 Å². The molecule has 414 valence electrons. The second-order valence-corrected chi connectivity index (χ2v) is 21.7. The highest BCUT2D eigenvalue weighted by Crippen LogP contribution is 2.18. The normalized spacial score (nSPS) is 12.7. The SMILES string of the molecule is CCCCC/C=C\C/C=C\CCCCCCCCCC(=O)OCCCCCCCCCCCCCCCCCCCCCCCCCC(=O)NC(CO)C(O)CCCCCCCCCCCCCCC. The van der Waals surface area contributed by atoms with Crippen LogP contribution in [0.25, 0.3) is 0 Å². The van der Waals surface area contributed by atoms with E-state index in [4.69, 9.17) is 4.74 Å². The zero-order valence-corrected chi connectivity index (χ0v) is 47.3. The van der Waals surface area contributed by atoms with Crippen LogP contribution in [-0.4, -0.2) is 47.4 Å². The largest absolute Gasteiger partial charge is 0.466 e. The molecule has 0 saturated carbocycles. The lowest BCUT2D eigenvalue weighted by atomic mass is 10.0. The van der Waals surface area contributed by atoms with Gasteiger partial charge in [0.15, 0.2) is 0 Å². The number of allylic oxidation sites excluding steroid dienone is 4. The molecule has 0 rings (SSSR count). The molecule has 2 atom stereocenters. The quantitative estimate of drug-likeness (QED) is 0.0321. The van der Waals surface area contributed by atoms with E-state index in [0.717, 1.165) is 51.4 Å². The van der Waals surface area contributed by atoms with Crippen LogP contribution < -0.4 is 5.32 Å². The average Bonchev–Trinajstić information content (AvgIpc) is 3.36. The molecule has 0 aromatic carbocycles. The van der Waals surface area contributed by atoms with Crippen LogP contribution in [0.1, 0.15) is 348 Å². The van der Waals surface area contributed by atoms with E-state index >= 15 is 0 Å². The van der Waals surface area contributed by atoms with Crippen molar-refractivity contribution in [3.8, 4) is 0 Å². The van der Waals surface area contributed by atoms with Crippen molar-refractivity contribution in [1.29, 1.82) is 0 Å². The van der Waals surface area contributed by atoms with Crippen LogP contribution in [0, 0.1) is 0 Å². The summed E-state index contributed by atoms with van der Waals surface area (Å²) in [6.45, 7) is 4.94. The third kappa shape index (κ3) is 55.7. The third-order valence-electron chi connectivity index (χ3n) is 14.8. The summed E-state index contributed by atoms with van der Waals surface area (Å²) >= 11 is 0. The number of ether oxygens (including phenoxy) is 1. The Labute approximate surface area is 437 Å². The van der Waals surface area contributed by atoms with Crippen molar-refractivity contribution in [3.05, 3.63) is 24.3 Å². The molecule has 1 amide bonds. The van der Waals surface area contributed by atoms with Gasteiger partial charge in [-0.15, -0.1) is 0 Å². The average molecular weight is 987 g/mol. The number of aliphatic hydroxyl groups is 2. The number of carbonyl (C=O) groups is 2. The van der Waals surface area contributed by atoms with Crippen LogP contribution in [0.2, 0.25) is 0 Å². The first-order chi connectivity index (χ1) is 34.5. The molecule has 0 aromatic heterocycles. The fraction of sp³-hybridized carbons (Fsp3) is 0.906. The molecular weight excluding hydrogens is 863 g/mol. The summed E-state index contributed by atoms with van der Waals surface area (Å²) in [6, 6.07) is -0.540. The van der Waals surface area contributed by atoms with Crippen molar-refractivity contribution in [2.75, 3.05) is 13.2 Å². The topological polar surface area (TPSA) is 95.9 Å². The molecular formula is C64H123NO5. The summed E-state index contributed by atoms with van der Waals surface area (Å²) in [5.74, 6) is -0.0262. The van der Waals surface area contributed by atoms with Gasteiger partial charge >= 0.3 is 5.97 Å². The van der Waals surface area contributed by atoms with E-state index in [1.165, 1.54) is 263 Å². The third-order valence-corrected chi connectivity index (χ3v) is 14.8. The number of rotatable bonds is 59. The van der Waals surface area contributed by atoms with Crippen LogP contribution in [0.3, 0.4) is 0 Å². The summed E-state index contributed by atoms with van der Waals surface area (Å²) < 4.78 is 5.49. The molecule has 0 aliphatic heterocycles. The molecule has 0 fully saturated rings. The number of amides is 1. The van der Waals surface area contributed by atoms with Crippen LogP contribution in [0.4, 0.5) is 0 Å². The minimum absolute atomic E-state index is 0.00706. The van der Waals surface area contributed by atoms with E-state index in [0.29, 0.717) is 25.9 Å². The standard InChI is InChI=1S/C64H123NO5/c1-3-5-7-9-11-13-15-17-18-26-30-34-38-42-46-50-54-58-64(69)70-59-55-51-47-43-39-35-31-28-25-23-21-19-20-22-24-27-29-33-37-41-45-49-53-57-63(68)65-61(60-66)62(67)56-52-48-44-40-36-32-16-14-12-10-8-6-4-2/h11,13,17-18,61-62,66-67H,3-10,12,14-16,19-60H2,1-2H3,(H,65,68)/b13-11-,18-17-. The number of unbranched alkanes of at least 4 members (excludes halogenated alkanes) is 44. The molecule has 0 aromatic rings. The van der Waals surface area contributed by atoms with Crippen molar-refractivity contribution in [1.82, 2.24) is 5.32 Å². The lowest BCUT2D eigenvalue weighted by Crippen LogP contribution is -2.45. The molecule has 0 heterocycles. The number of nitrogens with one attached hydrogen (secondary N) is 1. The fourth-order valence-electron chi connectivity index (χ4n) is 9.91. The fourth-order valence-corrected chi connectivity index (χ4v) is 9.91. The van der Waals surface area contributed by atoms with E-state index in [1.54, 1.807) is 0 Å². The minimum Gasteiger partial charge on any atom is -0.466 e. The van der Waals surface area contributed by atoms with Crippen molar-refractivity contribution in [3.63, 3.8) is 0 Å². The Bertz CT molecular complexity index is 1090. The van der Waals surface area contributed by atoms with Crippen LogP contribution >= 0.6 is 0 Å². The Hall–Kier alpha value is -1.66. The van der Waals surface area contributed by atoms with Gasteiger partial charge in [-0.1, -0.05) is 301 Å². The number of hydrogen-bond donors (Lipinski definition) is 3. The summed E-state index contributed by atoms with van der Waals surface area (Å²) in [5.41, 5.74) is 0. The summed E-state index contributed by atoms with van der Waals surface area (Å²) in [5, 5.41) is 23.3. The first-order valence-corrected chi connectivity index (χ1v) is 31.6. The number of hydrogen-bond acceptors (Lipinski definition) is 5.